The topological polar surface area (TPSA) is 117 Å². The van der Waals surface area contributed by atoms with Crippen molar-refractivity contribution in [1.29, 1.82) is 0 Å². The van der Waals surface area contributed by atoms with Crippen LogP contribution in [0.15, 0.2) is 97.2 Å². The molecule has 0 spiro atoms. The molecule has 0 saturated carbocycles. The predicted octanol–water partition coefficient (Wildman–Crippen LogP) is 16.2. The monoisotopic (exact) mass is 914 g/mol. The maximum Gasteiger partial charge on any atom is 0.472 e. The average molecular weight is 914 g/mol. The second-order valence-corrected chi connectivity index (χ2v) is 18.1. The molecule has 0 aliphatic rings. The molecule has 0 aliphatic heterocycles. The highest BCUT2D eigenvalue weighted by atomic mass is 31.2. The summed E-state index contributed by atoms with van der Waals surface area (Å²) in [4.78, 5) is 22.6. The van der Waals surface area contributed by atoms with E-state index in [1.807, 2.05) is 0 Å². The lowest BCUT2D eigenvalue weighted by molar-refractivity contribution is -0.154. The standard InChI is InChI=1S/C55H96NO7P/c1-3-5-7-9-11-13-15-17-19-21-23-25-27-28-30-32-34-36-38-40-42-44-46-48-55(57)63-54(53-62-64(58,59)61-51-49-56)52-60-50-47-45-43-41-39-37-35-33-31-29-26-24-22-20-18-16-14-12-10-8-6-4-2/h5,7,11,13,17,19,22-25,28,30,34,36,40,42,54H,3-4,6,8-10,12,14-16,18,20-21,26-27,29,31-33,35,37-39,41,43-53,56H2,1-2H3,(H,58,59)/b7-5-,13-11-,19-17-,24-22-,25-23-,30-28-,36-34-,42-40-. The number of hydrogen-bond acceptors (Lipinski definition) is 7. The van der Waals surface area contributed by atoms with Gasteiger partial charge in [0.05, 0.1) is 19.8 Å². The summed E-state index contributed by atoms with van der Waals surface area (Å²) in [5.41, 5.74) is 5.38. The van der Waals surface area contributed by atoms with Crippen LogP contribution in [0.3, 0.4) is 0 Å². The first kappa shape index (κ1) is 61.4. The Labute approximate surface area is 393 Å². The molecule has 368 valence electrons. The summed E-state index contributed by atoms with van der Waals surface area (Å²) in [6, 6.07) is 0. The van der Waals surface area contributed by atoms with Gasteiger partial charge in [-0.25, -0.2) is 4.57 Å². The molecular formula is C55H96NO7P. The molecule has 2 atom stereocenters. The molecule has 0 radical (unpaired) electrons. The van der Waals surface area contributed by atoms with Gasteiger partial charge in [-0.05, 0) is 89.9 Å². The Bertz CT molecular complexity index is 1300. The van der Waals surface area contributed by atoms with E-state index < -0.39 is 13.9 Å². The maximum absolute atomic E-state index is 12.6. The molecule has 0 aromatic carbocycles. The maximum atomic E-state index is 12.6. The van der Waals surface area contributed by atoms with Crippen LogP contribution in [0.25, 0.3) is 0 Å². The molecule has 3 N–H and O–H groups in total. The second kappa shape index (κ2) is 51.4. The van der Waals surface area contributed by atoms with Gasteiger partial charge < -0.3 is 20.1 Å². The first-order chi connectivity index (χ1) is 31.4. The van der Waals surface area contributed by atoms with Gasteiger partial charge >= 0.3 is 13.8 Å². The molecule has 0 bridgehead atoms. The van der Waals surface area contributed by atoms with Crippen LogP contribution in [0.2, 0.25) is 0 Å². The van der Waals surface area contributed by atoms with Crippen LogP contribution in [0, 0.1) is 0 Å². The van der Waals surface area contributed by atoms with Gasteiger partial charge in [0, 0.05) is 19.6 Å². The van der Waals surface area contributed by atoms with Crippen LogP contribution in [0.4, 0.5) is 0 Å². The van der Waals surface area contributed by atoms with Crippen LogP contribution < -0.4 is 5.73 Å². The summed E-state index contributed by atoms with van der Waals surface area (Å²) < 4.78 is 33.5. The Morgan fingerprint density at radius 3 is 1.33 bits per heavy atom. The Balaban J connectivity index is 4.08. The quantitative estimate of drug-likeness (QED) is 0.0268. The number of nitrogens with two attached hydrogens (primary N) is 1. The molecular weight excluding hydrogens is 818 g/mol. The van der Waals surface area contributed by atoms with E-state index in [0.717, 1.165) is 64.2 Å². The van der Waals surface area contributed by atoms with E-state index in [1.54, 1.807) is 0 Å². The molecule has 0 aliphatic carbocycles. The van der Waals surface area contributed by atoms with Gasteiger partial charge in [-0.15, -0.1) is 0 Å². The number of ether oxygens (including phenoxy) is 2. The zero-order chi connectivity index (χ0) is 46.5. The number of carbonyl (C=O) groups excluding carboxylic acids is 1. The highest BCUT2D eigenvalue weighted by molar-refractivity contribution is 7.47. The molecule has 8 nitrogen and oxygen atoms in total. The number of esters is 1. The Morgan fingerprint density at radius 1 is 0.484 bits per heavy atom. The summed E-state index contributed by atoms with van der Waals surface area (Å²) in [5, 5.41) is 0. The fraction of sp³-hybridized carbons (Fsp3) is 0.691. The summed E-state index contributed by atoms with van der Waals surface area (Å²) in [5.74, 6) is -0.389. The van der Waals surface area contributed by atoms with Gasteiger partial charge in [0.25, 0.3) is 0 Å². The molecule has 0 aromatic rings. The molecule has 0 aromatic heterocycles. The van der Waals surface area contributed by atoms with Crippen molar-refractivity contribution >= 4 is 13.8 Å². The third kappa shape index (κ3) is 50.4. The van der Waals surface area contributed by atoms with E-state index in [9.17, 15) is 14.3 Å². The van der Waals surface area contributed by atoms with E-state index in [-0.39, 0.29) is 38.8 Å². The predicted molar refractivity (Wildman–Crippen MR) is 274 cm³/mol. The number of rotatable bonds is 48. The fourth-order valence-electron chi connectivity index (χ4n) is 6.75. The molecule has 0 fully saturated rings. The average Bonchev–Trinajstić information content (AvgIpc) is 3.29. The lowest BCUT2D eigenvalue weighted by atomic mass is 10.1. The van der Waals surface area contributed by atoms with Gasteiger partial charge in [0.2, 0.25) is 0 Å². The minimum atomic E-state index is -4.31. The van der Waals surface area contributed by atoms with E-state index in [0.29, 0.717) is 13.0 Å². The highest BCUT2D eigenvalue weighted by Gasteiger charge is 2.25. The fourth-order valence-corrected chi connectivity index (χ4v) is 7.51. The third-order valence-corrected chi connectivity index (χ3v) is 11.5. The van der Waals surface area contributed by atoms with Crippen molar-refractivity contribution in [2.24, 2.45) is 5.73 Å². The van der Waals surface area contributed by atoms with Crippen molar-refractivity contribution in [3.05, 3.63) is 97.2 Å². The van der Waals surface area contributed by atoms with Gasteiger partial charge in [-0.2, -0.15) is 0 Å². The van der Waals surface area contributed by atoms with E-state index in [2.05, 4.69) is 111 Å². The Kier molecular flexibility index (Phi) is 49.3. The lowest BCUT2D eigenvalue weighted by Crippen LogP contribution is -2.28. The number of phosphoric acid groups is 1. The summed E-state index contributed by atoms with van der Waals surface area (Å²) >= 11 is 0. The normalized spacial score (nSPS) is 14.1. The number of carbonyl (C=O) groups is 1. The molecule has 2 unspecified atom stereocenters. The number of hydrogen-bond donors (Lipinski definition) is 2. The minimum Gasteiger partial charge on any atom is -0.457 e. The van der Waals surface area contributed by atoms with Gasteiger partial charge in [-0.3, -0.25) is 13.8 Å². The van der Waals surface area contributed by atoms with Crippen molar-refractivity contribution in [2.45, 2.75) is 213 Å². The van der Waals surface area contributed by atoms with Crippen LogP contribution in [-0.4, -0.2) is 49.9 Å². The summed E-state index contributed by atoms with van der Waals surface area (Å²) in [6.45, 7) is 4.72. The zero-order valence-electron chi connectivity index (χ0n) is 41.0. The second-order valence-electron chi connectivity index (χ2n) is 16.6. The minimum absolute atomic E-state index is 0.0861. The zero-order valence-corrected chi connectivity index (χ0v) is 41.9. The van der Waals surface area contributed by atoms with Crippen LogP contribution in [-0.2, 0) is 27.9 Å². The van der Waals surface area contributed by atoms with Crippen LogP contribution in [0.1, 0.15) is 206 Å². The van der Waals surface area contributed by atoms with E-state index in [4.69, 9.17) is 24.3 Å². The van der Waals surface area contributed by atoms with Gasteiger partial charge in [0.15, 0.2) is 0 Å². The van der Waals surface area contributed by atoms with Crippen LogP contribution >= 0.6 is 7.82 Å². The molecule has 0 amide bonds. The van der Waals surface area contributed by atoms with Crippen molar-refractivity contribution < 1.29 is 32.8 Å². The van der Waals surface area contributed by atoms with Crippen molar-refractivity contribution in [3.8, 4) is 0 Å². The van der Waals surface area contributed by atoms with Crippen molar-refractivity contribution in [1.82, 2.24) is 0 Å². The van der Waals surface area contributed by atoms with Crippen molar-refractivity contribution in [2.75, 3.05) is 33.0 Å². The molecule has 0 heterocycles. The number of allylic oxidation sites excluding steroid dienone is 16. The summed E-state index contributed by atoms with van der Waals surface area (Å²) in [7, 11) is -4.31. The SMILES string of the molecule is CC/C=C\C/C=C\C/C=C\C/C=C\C/C=C\C/C=C\C/C=C\CCCC(=O)OC(COCCCCCCCCCCCC/C=C\CCCCCCCCCC)COP(=O)(O)OCCN. The first-order valence-electron chi connectivity index (χ1n) is 25.7. The smallest absolute Gasteiger partial charge is 0.457 e. The van der Waals surface area contributed by atoms with E-state index >= 15 is 0 Å². The number of phosphoric ester groups is 1. The van der Waals surface area contributed by atoms with Crippen molar-refractivity contribution in [3.63, 3.8) is 0 Å². The lowest BCUT2D eigenvalue weighted by Gasteiger charge is -2.20. The van der Waals surface area contributed by atoms with Crippen LogP contribution in [0.5, 0.6) is 0 Å². The third-order valence-electron chi connectivity index (χ3n) is 10.5. The van der Waals surface area contributed by atoms with Gasteiger partial charge in [0.1, 0.15) is 6.10 Å². The molecule has 0 rings (SSSR count). The highest BCUT2D eigenvalue weighted by Crippen LogP contribution is 2.43. The van der Waals surface area contributed by atoms with Gasteiger partial charge in [-0.1, -0.05) is 207 Å². The molecule has 64 heavy (non-hydrogen) atoms. The Morgan fingerprint density at radius 2 is 0.875 bits per heavy atom. The number of unbranched alkanes of at least 4 members (excludes halogenated alkanes) is 19. The summed E-state index contributed by atoms with van der Waals surface area (Å²) in [6.07, 6.45) is 68.8. The Hall–Kier alpha value is -2.58. The molecule has 9 heteroatoms. The van der Waals surface area contributed by atoms with E-state index in [1.165, 1.54) is 116 Å². The molecule has 0 saturated heterocycles. The first-order valence-corrected chi connectivity index (χ1v) is 27.2. The largest absolute Gasteiger partial charge is 0.472 e.